The monoisotopic (exact) mass is 480 g/mol. The first-order valence-corrected chi connectivity index (χ1v) is 10.1. The second-order valence-electron chi connectivity index (χ2n) is 7.14. The van der Waals surface area contributed by atoms with Gasteiger partial charge < -0.3 is 25.2 Å². The van der Waals surface area contributed by atoms with Crippen LogP contribution in [0, 0.1) is 11.6 Å². The van der Waals surface area contributed by atoms with Gasteiger partial charge in [0.05, 0.1) is 24.0 Å². The van der Waals surface area contributed by atoms with Crippen LogP contribution < -0.4 is 25.4 Å². The molecule has 0 unspecified atom stereocenters. The summed E-state index contributed by atoms with van der Waals surface area (Å²) < 4.78 is 38.6. The highest BCUT2D eigenvalue weighted by Gasteiger charge is 2.14. The van der Waals surface area contributed by atoms with Gasteiger partial charge in [0.15, 0.2) is 0 Å². The summed E-state index contributed by atoms with van der Waals surface area (Å²) in [5.41, 5.74) is 0.881. The topological polar surface area (TPSA) is 122 Å². The van der Waals surface area contributed by atoms with E-state index in [1.165, 1.54) is 55.8 Å². The Morgan fingerprint density at radius 2 is 1.66 bits per heavy atom. The van der Waals surface area contributed by atoms with E-state index in [0.29, 0.717) is 22.3 Å². The standard InChI is InChI=1S/C24H18F2N4O5/c1-34-22-12-19-16(11-20(22)30-24(32)33)21(8-9-27-19)35-15-6-7-18(17(26)10-15)29-23(31)28-14-4-2-13(25)3-5-14/h2-12,30H,1H3,(H,32,33)(H2,28,29,31). The largest absolute Gasteiger partial charge is 0.494 e. The van der Waals surface area contributed by atoms with Crippen molar-refractivity contribution in [1.29, 1.82) is 0 Å². The summed E-state index contributed by atoms with van der Waals surface area (Å²) in [7, 11) is 1.40. The van der Waals surface area contributed by atoms with E-state index in [2.05, 4.69) is 20.9 Å². The maximum atomic E-state index is 14.6. The Bertz CT molecular complexity index is 1410. The second kappa shape index (κ2) is 9.91. The van der Waals surface area contributed by atoms with Crippen molar-refractivity contribution in [2.75, 3.05) is 23.1 Å². The number of nitrogens with zero attached hydrogens (tertiary/aromatic N) is 1. The molecule has 11 heteroatoms. The molecule has 0 aliphatic heterocycles. The summed E-state index contributed by atoms with van der Waals surface area (Å²) in [5.74, 6) is -0.522. The summed E-state index contributed by atoms with van der Waals surface area (Å²) in [6.07, 6.45) is 0.204. The van der Waals surface area contributed by atoms with Crippen LogP contribution in [0.15, 0.2) is 66.9 Å². The third-order valence-corrected chi connectivity index (χ3v) is 4.78. The number of anilines is 3. The Hall–Kier alpha value is -4.93. The molecule has 1 heterocycles. The number of urea groups is 1. The zero-order chi connectivity index (χ0) is 24.9. The highest BCUT2D eigenvalue weighted by molar-refractivity contribution is 6.00. The van der Waals surface area contributed by atoms with Crippen molar-refractivity contribution in [1.82, 2.24) is 4.98 Å². The predicted octanol–water partition coefficient (Wildman–Crippen LogP) is 6.05. The van der Waals surface area contributed by atoms with Crippen molar-refractivity contribution in [3.8, 4) is 17.2 Å². The van der Waals surface area contributed by atoms with Crippen LogP contribution >= 0.6 is 0 Å². The van der Waals surface area contributed by atoms with Gasteiger partial charge in [-0.15, -0.1) is 0 Å². The lowest BCUT2D eigenvalue weighted by molar-refractivity contribution is 0.209. The molecular weight excluding hydrogens is 462 g/mol. The van der Waals surface area contributed by atoms with E-state index < -0.39 is 23.8 Å². The fourth-order valence-electron chi connectivity index (χ4n) is 3.22. The highest BCUT2D eigenvalue weighted by Crippen LogP contribution is 2.36. The molecule has 178 valence electrons. The predicted molar refractivity (Wildman–Crippen MR) is 125 cm³/mol. The zero-order valence-electron chi connectivity index (χ0n) is 18.1. The number of benzene rings is 3. The Kier molecular flexibility index (Phi) is 6.58. The summed E-state index contributed by atoms with van der Waals surface area (Å²) in [6, 6.07) is 12.8. The van der Waals surface area contributed by atoms with Gasteiger partial charge in [0, 0.05) is 29.4 Å². The van der Waals surface area contributed by atoms with E-state index in [-0.39, 0.29) is 22.9 Å². The van der Waals surface area contributed by atoms with Crippen LogP contribution in [0.4, 0.5) is 35.4 Å². The fraction of sp³-hybridized carbons (Fsp3) is 0.0417. The molecule has 1 aromatic heterocycles. The smallest absolute Gasteiger partial charge is 0.409 e. The number of hydrogen-bond donors (Lipinski definition) is 4. The number of fused-ring (bicyclic) bond motifs is 1. The molecule has 0 radical (unpaired) electrons. The molecule has 0 spiro atoms. The van der Waals surface area contributed by atoms with Crippen LogP contribution in [0.2, 0.25) is 0 Å². The Balaban J connectivity index is 1.54. The number of pyridine rings is 1. The van der Waals surface area contributed by atoms with Crippen molar-refractivity contribution in [3.63, 3.8) is 0 Å². The third-order valence-electron chi connectivity index (χ3n) is 4.78. The number of carbonyl (C=O) groups excluding carboxylic acids is 1. The van der Waals surface area contributed by atoms with Gasteiger partial charge >= 0.3 is 12.1 Å². The average molecular weight is 480 g/mol. The van der Waals surface area contributed by atoms with E-state index in [9.17, 15) is 18.4 Å². The third kappa shape index (κ3) is 5.53. The average Bonchev–Trinajstić information content (AvgIpc) is 2.82. The van der Waals surface area contributed by atoms with Crippen LogP contribution in [-0.4, -0.2) is 29.3 Å². The SMILES string of the molecule is COc1cc2nccc(Oc3ccc(NC(=O)Nc4ccc(F)cc4)c(F)c3)c2cc1NC(=O)O. The molecule has 0 aliphatic carbocycles. The molecule has 0 saturated carbocycles. The minimum absolute atomic E-state index is 0.103. The zero-order valence-corrected chi connectivity index (χ0v) is 18.1. The highest BCUT2D eigenvalue weighted by atomic mass is 19.1. The van der Waals surface area contributed by atoms with Crippen LogP contribution in [0.1, 0.15) is 0 Å². The molecule has 0 saturated heterocycles. The number of nitrogens with one attached hydrogen (secondary N) is 3. The Morgan fingerprint density at radius 1 is 0.886 bits per heavy atom. The van der Waals surface area contributed by atoms with Crippen molar-refractivity contribution >= 4 is 40.1 Å². The first-order valence-electron chi connectivity index (χ1n) is 10.1. The molecule has 3 amide bonds. The first kappa shape index (κ1) is 23.2. The maximum Gasteiger partial charge on any atom is 0.409 e. The van der Waals surface area contributed by atoms with E-state index in [4.69, 9.17) is 14.6 Å². The summed E-state index contributed by atoms with van der Waals surface area (Å²) in [6.45, 7) is 0. The van der Waals surface area contributed by atoms with Crippen molar-refractivity contribution in [3.05, 3.63) is 78.5 Å². The van der Waals surface area contributed by atoms with Crippen LogP contribution in [0.5, 0.6) is 17.2 Å². The second-order valence-corrected chi connectivity index (χ2v) is 7.14. The van der Waals surface area contributed by atoms with Gasteiger partial charge in [0.25, 0.3) is 0 Å². The lowest BCUT2D eigenvalue weighted by Gasteiger charge is -2.13. The van der Waals surface area contributed by atoms with Crippen LogP contribution in [0.25, 0.3) is 10.9 Å². The van der Waals surface area contributed by atoms with E-state index in [0.717, 1.165) is 6.07 Å². The van der Waals surface area contributed by atoms with Crippen molar-refractivity contribution in [2.24, 2.45) is 0 Å². The van der Waals surface area contributed by atoms with Gasteiger partial charge in [-0.05, 0) is 48.5 Å². The summed E-state index contributed by atoms with van der Waals surface area (Å²) >= 11 is 0. The minimum atomic E-state index is -1.28. The molecule has 0 atom stereocenters. The summed E-state index contributed by atoms with van der Waals surface area (Å²) in [5, 5.41) is 16.6. The first-order chi connectivity index (χ1) is 16.8. The number of hydrogen-bond acceptors (Lipinski definition) is 5. The lowest BCUT2D eigenvalue weighted by atomic mass is 10.1. The fourth-order valence-corrected chi connectivity index (χ4v) is 3.22. The number of aromatic nitrogens is 1. The van der Waals surface area contributed by atoms with Gasteiger partial charge in [0.1, 0.15) is 28.9 Å². The molecule has 9 nitrogen and oxygen atoms in total. The number of amides is 3. The van der Waals surface area contributed by atoms with Crippen molar-refractivity contribution < 1.29 is 33.0 Å². The minimum Gasteiger partial charge on any atom is -0.494 e. The van der Waals surface area contributed by atoms with Crippen LogP contribution in [0.3, 0.4) is 0 Å². The molecule has 4 aromatic rings. The molecule has 4 rings (SSSR count). The number of rotatable bonds is 6. The molecule has 3 aromatic carbocycles. The van der Waals surface area contributed by atoms with E-state index >= 15 is 0 Å². The number of carboxylic acid groups (broad SMARTS) is 1. The van der Waals surface area contributed by atoms with Gasteiger partial charge in [-0.25, -0.2) is 18.4 Å². The lowest BCUT2D eigenvalue weighted by Crippen LogP contribution is -2.20. The normalized spacial score (nSPS) is 10.5. The Labute approximate surface area is 197 Å². The van der Waals surface area contributed by atoms with Gasteiger partial charge in [-0.3, -0.25) is 10.3 Å². The molecule has 4 N–H and O–H groups in total. The maximum absolute atomic E-state index is 14.6. The molecule has 0 bridgehead atoms. The van der Waals surface area contributed by atoms with Crippen molar-refractivity contribution in [2.45, 2.75) is 0 Å². The number of carbonyl (C=O) groups is 2. The Morgan fingerprint density at radius 3 is 2.34 bits per heavy atom. The van der Waals surface area contributed by atoms with Gasteiger partial charge in [-0.2, -0.15) is 0 Å². The number of ether oxygens (including phenoxy) is 2. The van der Waals surface area contributed by atoms with E-state index in [1.807, 2.05) is 0 Å². The quantitative estimate of drug-likeness (QED) is 0.267. The van der Waals surface area contributed by atoms with Crippen LogP contribution in [-0.2, 0) is 0 Å². The molecule has 35 heavy (non-hydrogen) atoms. The molecule has 0 fully saturated rings. The molecule has 0 aliphatic rings. The number of halogens is 2. The van der Waals surface area contributed by atoms with Gasteiger partial charge in [0.2, 0.25) is 0 Å². The summed E-state index contributed by atoms with van der Waals surface area (Å²) in [4.78, 5) is 27.5. The van der Waals surface area contributed by atoms with E-state index in [1.54, 1.807) is 12.1 Å². The molecular formula is C24H18F2N4O5. The van der Waals surface area contributed by atoms with Gasteiger partial charge in [-0.1, -0.05) is 0 Å². The number of methoxy groups -OCH3 is 1.